The molecule has 0 spiro atoms. The van der Waals surface area contributed by atoms with Crippen molar-refractivity contribution in [3.63, 3.8) is 0 Å². The van der Waals surface area contributed by atoms with E-state index in [9.17, 15) is 4.79 Å². The van der Waals surface area contributed by atoms with Gasteiger partial charge in [-0.15, -0.1) is 0 Å². The summed E-state index contributed by atoms with van der Waals surface area (Å²) in [5.41, 5.74) is 0. The Morgan fingerprint density at radius 1 is 1.80 bits per heavy atom. The Hall–Kier alpha value is -0.570. The van der Waals surface area contributed by atoms with Crippen LogP contribution in [0.2, 0.25) is 0 Å². The molecule has 0 aromatic heterocycles. The molecule has 1 rings (SSSR count). The largest absolute Gasteiger partial charge is 0.356 e. The minimum Gasteiger partial charge on any atom is -0.356 e. The van der Waals surface area contributed by atoms with Gasteiger partial charge in [-0.1, -0.05) is 0 Å². The van der Waals surface area contributed by atoms with Crippen LogP contribution in [0.15, 0.2) is 0 Å². The molecule has 3 nitrogen and oxygen atoms in total. The van der Waals surface area contributed by atoms with Crippen LogP contribution in [-0.2, 0) is 4.79 Å². The lowest BCUT2D eigenvalue weighted by Crippen LogP contribution is -2.31. The van der Waals surface area contributed by atoms with Crippen molar-refractivity contribution in [3.05, 3.63) is 0 Å². The number of carbonyl (C=O) groups is 1. The molecule has 1 heterocycles. The van der Waals surface area contributed by atoms with Crippen molar-refractivity contribution >= 4 is 5.91 Å². The van der Waals surface area contributed by atoms with Crippen LogP contribution in [0, 0.1) is 5.92 Å². The van der Waals surface area contributed by atoms with Crippen molar-refractivity contribution in [1.82, 2.24) is 10.6 Å². The number of nitrogens with one attached hydrogen (secondary N) is 2. The highest BCUT2D eigenvalue weighted by Gasteiger charge is 2.20. The normalized spacial score (nSPS) is 24.7. The van der Waals surface area contributed by atoms with Crippen molar-refractivity contribution in [1.29, 1.82) is 0 Å². The molecule has 1 amide bonds. The number of amides is 1. The van der Waals surface area contributed by atoms with Gasteiger partial charge in [-0.3, -0.25) is 4.79 Å². The molecule has 1 unspecified atom stereocenters. The topological polar surface area (TPSA) is 41.1 Å². The lowest BCUT2D eigenvalue weighted by atomic mass is 10.1. The molecule has 10 heavy (non-hydrogen) atoms. The van der Waals surface area contributed by atoms with Gasteiger partial charge in [-0.05, 0) is 19.9 Å². The van der Waals surface area contributed by atoms with Crippen LogP contribution in [0.25, 0.3) is 0 Å². The van der Waals surface area contributed by atoms with E-state index in [1.165, 1.54) is 0 Å². The fourth-order valence-electron chi connectivity index (χ4n) is 1.20. The van der Waals surface area contributed by atoms with E-state index in [1.807, 2.05) is 6.92 Å². The first kappa shape index (κ1) is 7.54. The smallest absolute Gasteiger partial charge is 0.224 e. The third kappa shape index (κ3) is 1.70. The first-order valence-corrected chi connectivity index (χ1v) is 3.83. The highest BCUT2D eigenvalue weighted by Crippen LogP contribution is 2.06. The van der Waals surface area contributed by atoms with E-state index >= 15 is 0 Å². The van der Waals surface area contributed by atoms with E-state index in [1.54, 1.807) is 0 Å². The van der Waals surface area contributed by atoms with Crippen LogP contribution < -0.4 is 10.6 Å². The van der Waals surface area contributed by atoms with Gasteiger partial charge in [0.15, 0.2) is 0 Å². The predicted molar refractivity (Wildman–Crippen MR) is 39.7 cm³/mol. The molecular formula is C7H14N2O. The molecule has 58 valence electrons. The van der Waals surface area contributed by atoms with Crippen LogP contribution in [0.5, 0.6) is 0 Å². The molecule has 2 N–H and O–H groups in total. The van der Waals surface area contributed by atoms with Gasteiger partial charge in [-0.25, -0.2) is 0 Å². The molecule has 1 saturated heterocycles. The molecule has 0 aromatic rings. The van der Waals surface area contributed by atoms with E-state index in [-0.39, 0.29) is 11.8 Å². The highest BCUT2D eigenvalue weighted by atomic mass is 16.1. The Balaban J connectivity index is 2.25. The Morgan fingerprint density at radius 2 is 2.60 bits per heavy atom. The summed E-state index contributed by atoms with van der Waals surface area (Å²) in [6.45, 7) is 4.53. The van der Waals surface area contributed by atoms with Gasteiger partial charge >= 0.3 is 0 Å². The maximum Gasteiger partial charge on any atom is 0.224 e. The van der Waals surface area contributed by atoms with E-state index in [2.05, 4.69) is 10.6 Å². The van der Waals surface area contributed by atoms with Crippen LogP contribution in [0.3, 0.4) is 0 Å². The van der Waals surface area contributed by atoms with Gasteiger partial charge in [0.05, 0.1) is 5.92 Å². The molecule has 0 aliphatic carbocycles. The second-order valence-electron chi connectivity index (χ2n) is 2.58. The maximum atomic E-state index is 11.1. The first-order valence-electron chi connectivity index (χ1n) is 3.83. The molecule has 1 aliphatic rings. The maximum absolute atomic E-state index is 11.1. The van der Waals surface area contributed by atoms with Gasteiger partial charge in [0.1, 0.15) is 0 Å². The van der Waals surface area contributed by atoms with E-state index in [0.717, 1.165) is 26.1 Å². The molecule has 0 bridgehead atoms. The minimum atomic E-state index is 0.201. The van der Waals surface area contributed by atoms with Gasteiger partial charge in [-0.2, -0.15) is 0 Å². The predicted octanol–water partition coefficient (Wildman–Crippen LogP) is -0.268. The molecule has 1 atom stereocenters. The fraction of sp³-hybridized carbons (Fsp3) is 0.857. The summed E-state index contributed by atoms with van der Waals surface area (Å²) in [7, 11) is 0. The van der Waals surface area contributed by atoms with E-state index < -0.39 is 0 Å². The van der Waals surface area contributed by atoms with Crippen molar-refractivity contribution in [2.24, 2.45) is 5.92 Å². The molecule has 0 saturated carbocycles. The Bertz CT molecular complexity index is 119. The van der Waals surface area contributed by atoms with Gasteiger partial charge < -0.3 is 10.6 Å². The molecule has 0 radical (unpaired) electrons. The van der Waals surface area contributed by atoms with Crippen LogP contribution >= 0.6 is 0 Å². The lowest BCUT2D eigenvalue weighted by molar-refractivity contribution is -0.124. The highest BCUT2D eigenvalue weighted by molar-refractivity contribution is 5.79. The van der Waals surface area contributed by atoms with Crippen molar-refractivity contribution in [2.45, 2.75) is 13.3 Å². The monoisotopic (exact) mass is 142 g/mol. The Kier molecular flexibility index (Phi) is 2.68. The SMILES string of the molecule is CCNC(=O)C1CCNC1. The zero-order chi connectivity index (χ0) is 7.40. The molecule has 3 heteroatoms. The summed E-state index contributed by atoms with van der Waals surface area (Å²) in [5, 5.41) is 5.96. The molecule has 0 aromatic carbocycles. The Labute approximate surface area is 61.2 Å². The summed E-state index contributed by atoms with van der Waals surface area (Å²) in [6, 6.07) is 0. The second-order valence-corrected chi connectivity index (χ2v) is 2.58. The van der Waals surface area contributed by atoms with Crippen LogP contribution in [-0.4, -0.2) is 25.5 Å². The summed E-state index contributed by atoms with van der Waals surface area (Å²) < 4.78 is 0. The Morgan fingerprint density at radius 3 is 3.10 bits per heavy atom. The van der Waals surface area contributed by atoms with Gasteiger partial charge in [0.25, 0.3) is 0 Å². The zero-order valence-electron chi connectivity index (χ0n) is 6.31. The lowest BCUT2D eigenvalue weighted by Gasteiger charge is -2.06. The zero-order valence-corrected chi connectivity index (χ0v) is 6.31. The van der Waals surface area contributed by atoms with Crippen LogP contribution in [0.4, 0.5) is 0 Å². The van der Waals surface area contributed by atoms with Crippen molar-refractivity contribution < 1.29 is 4.79 Å². The summed E-state index contributed by atoms with van der Waals surface area (Å²) in [6.07, 6.45) is 0.992. The summed E-state index contributed by atoms with van der Waals surface area (Å²) in [5.74, 6) is 0.424. The molecule has 1 fully saturated rings. The second kappa shape index (κ2) is 3.56. The van der Waals surface area contributed by atoms with Crippen molar-refractivity contribution in [3.8, 4) is 0 Å². The summed E-state index contributed by atoms with van der Waals surface area (Å²) >= 11 is 0. The third-order valence-electron chi connectivity index (χ3n) is 1.78. The number of rotatable bonds is 2. The van der Waals surface area contributed by atoms with E-state index in [0.29, 0.717) is 0 Å². The average molecular weight is 142 g/mol. The quantitative estimate of drug-likeness (QED) is 0.557. The standard InChI is InChI=1S/C7H14N2O/c1-2-9-7(10)6-3-4-8-5-6/h6,8H,2-5H2,1H3,(H,9,10). The summed E-state index contributed by atoms with van der Waals surface area (Å²) in [4.78, 5) is 11.1. The van der Waals surface area contributed by atoms with Crippen molar-refractivity contribution in [2.75, 3.05) is 19.6 Å². The van der Waals surface area contributed by atoms with Gasteiger partial charge in [0, 0.05) is 13.1 Å². The van der Waals surface area contributed by atoms with Gasteiger partial charge in [0.2, 0.25) is 5.91 Å². The number of hydrogen-bond donors (Lipinski definition) is 2. The molecule has 1 aliphatic heterocycles. The van der Waals surface area contributed by atoms with Crippen LogP contribution in [0.1, 0.15) is 13.3 Å². The third-order valence-corrected chi connectivity index (χ3v) is 1.78. The minimum absolute atomic E-state index is 0.201. The van der Waals surface area contributed by atoms with E-state index in [4.69, 9.17) is 0 Å². The molecular weight excluding hydrogens is 128 g/mol. The number of hydrogen-bond acceptors (Lipinski definition) is 2. The first-order chi connectivity index (χ1) is 4.84. The number of carbonyl (C=O) groups excluding carboxylic acids is 1. The average Bonchev–Trinajstić information content (AvgIpc) is 2.38. The fourth-order valence-corrected chi connectivity index (χ4v) is 1.20.